The summed E-state index contributed by atoms with van der Waals surface area (Å²) in [4.78, 5) is 0. The highest BCUT2D eigenvalue weighted by Crippen LogP contribution is 2.26. The van der Waals surface area contributed by atoms with Gasteiger partial charge in [0.05, 0.1) is 14.2 Å². The first-order valence-corrected chi connectivity index (χ1v) is 15.2. The molecule has 5 aromatic carbocycles. The van der Waals surface area contributed by atoms with E-state index < -0.39 is 0 Å². The molecule has 0 atom stereocenters. The summed E-state index contributed by atoms with van der Waals surface area (Å²) < 4.78 is 22.0. The lowest BCUT2D eigenvalue weighted by Gasteiger charge is -2.00. The topological polar surface area (TPSA) is 18.5 Å². The lowest BCUT2D eigenvalue weighted by molar-refractivity contribution is 0.411. The maximum absolute atomic E-state index is 12.1. The Balaban J connectivity index is -0.000000156. The molecule has 0 N–H and O–H groups in total. The fourth-order valence-corrected chi connectivity index (χ4v) is 3.26. The highest BCUT2D eigenvalue weighted by atomic mass is 35.5. The van der Waals surface area contributed by atoms with Crippen LogP contribution in [0.25, 0.3) is 0 Å². The second-order valence-corrected chi connectivity index (χ2v) is 10.8. The summed E-state index contributed by atoms with van der Waals surface area (Å²) in [6.07, 6.45) is 2.97. The van der Waals surface area contributed by atoms with Gasteiger partial charge in [-0.25, -0.2) is 4.39 Å². The van der Waals surface area contributed by atoms with Crippen LogP contribution in [0.1, 0.15) is 79.2 Å². The fourth-order valence-electron chi connectivity index (χ4n) is 3.13. The molecule has 0 amide bonds. The summed E-state index contributed by atoms with van der Waals surface area (Å²) >= 11 is 5.71. The number of hydrogen-bond donors (Lipinski definition) is 0. The van der Waals surface area contributed by atoms with Crippen molar-refractivity contribution in [3.8, 4) is 11.5 Å². The Bertz CT molecular complexity index is 1340. The van der Waals surface area contributed by atoms with Gasteiger partial charge in [0.15, 0.2) is 0 Å². The van der Waals surface area contributed by atoms with Crippen LogP contribution >= 0.6 is 11.6 Å². The zero-order chi connectivity index (χ0) is 32.6. The molecule has 49 heavy (non-hydrogen) atoms. The molecule has 1 aliphatic rings. The first kappa shape index (κ1) is 54.4. The van der Waals surface area contributed by atoms with Gasteiger partial charge in [-0.15, -0.1) is 0 Å². The molecule has 5 aromatic rings. The molecule has 0 unspecified atom stereocenters. The molecule has 0 radical (unpaired) electrons. The van der Waals surface area contributed by atoms with Gasteiger partial charge in [-0.2, -0.15) is 0 Å². The van der Waals surface area contributed by atoms with E-state index in [1.807, 2.05) is 118 Å². The van der Waals surface area contributed by atoms with Crippen LogP contribution in [0.2, 0.25) is 5.02 Å². The van der Waals surface area contributed by atoms with Crippen LogP contribution in [0, 0.1) is 39.4 Å². The quantitative estimate of drug-likeness (QED) is 0.183. The maximum atomic E-state index is 12.1. The molecule has 0 aromatic heterocycles. The largest absolute Gasteiger partial charge is 0.497 e. The Labute approximate surface area is 307 Å². The monoisotopic (exact) mass is 694 g/mol. The predicted octanol–water partition coefficient (Wildman–Crippen LogP) is 15.1. The third-order valence-electron chi connectivity index (χ3n) is 6.19. The zero-order valence-corrected chi connectivity index (χ0v) is 28.0. The van der Waals surface area contributed by atoms with Gasteiger partial charge in [-0.3, -0.25) is 0 Å². The van der Waals surface area contributed by atoms with Crippen molar-refractivity contribution in [2.24, 2.45) is 5.92 Å². The molecule has 2 nitrogen and oxygen atoms in total. The molecule has 274 valence electrons. The molecule has 0 saturated heterocycles. The average Bonchev–Trinajstić information content (AvgIpc) is 3.84. The first-order valence-electron chi connectivity index (χ1n) is 14.8. The molecule has 1 fully saturated rings. The minimum absolute atomic E-state index is 0. The Morgan fingerprint density at radius 3 is 1.16 bits per heavy atom. The highest BCUT2D eigenvalue weighted by Gasteiger charge is 2.12. The van der Waals surface area contributed by atoms with Crippen LogP contribution in [0.4, 0.5) is 4.39 Å². The second-order valence-electron chi connectivity index (χ2n) is 10.4. The van der Waals surface area contributed by atoms with Gasteiger partial charge in [-0.05, 0) is 81.1 Å². The van der Waals surface area contributed by atoms with Crippen LogP contribution in [-0.4, -0.2) is 14.2 Å². The van der Waals surface area contributed by atoms with Crippen molar-refractivity contribution in [1.29, 1.82) is 0 Å². The molecule has 6 rings (SSSR count). The van der Waals surface area contributed by atoms with E-state index in [1.54, 1.807) is 26.4 Å². The summed E-state index contributed by atoms with van der Waals surface area (Å²) in [6.45, 7) is 10.3. The van der Waals surface area contributed by atoms with Crippen molar-refractivity contribution < 1.29 is 13.9 Å². The van der Waals surface area contributed by atoms with E-state index >= 15 is 0 Å². The van der Waals surface area contributed by atoms with E-state index in [2.05, 4.69) is 26.0 Å². The van der Waals surface area contributed by atoms with Crippen molar-refractivity contribution in [3.05, 3.63) is 167 Å². The van der Waals surface area contributed by atoms with Crippen LogP contribution in [0.5, 0.6) is 11.5 Å². The molecule has 0 spiro atoms. The number of rotatable bonds is 2. The van der Waals surface area contributed by atoms with E-state index in [0.717, 1.165) is 33.6 Å². The Kier molecular flexibility index (Phi) is 37.5. The maximum Gasteiger partial charge on any atom is 0.123 e. The second kappa shape index (κ2) is 33.8. The lowest BCUT2D eigenvalue weighted by atomic mass is 10.2. The van der Waals surface area contributed by atoms with Crippen molar-refractivity contribution >= 4 is 11.6 Å². The standard InChI is InChI=1S/C8H10O.C7H7Cl.C7H7F.C7H8O.C7H8.C4H8.5CH4/c1-7-5-3-4-6-8(7)9-2;1-6-4-2-3-5-7(6)8;1-6-2-4-7(8)5-3-6;1-8-7-5-3-2-4-6-7;1-7-5-3-2-4-6-7;1-4-2-3-4;;;;;/h3-6H,1-2H3;2*2-5H,1H3;2-6H,1H3;2-6H,1H3;4H,2-3H2,1H3;5*1H4. The van der Waals surface area contributed by atoms with Gasteiger partial charge in [0.2, 0.25) is 0 Å². The predicted molar refractivity (Wildman–Crippen MR) is 221 cm³/mol. The van der Waals surface area contributed by atoms with Gasteiger partial charge in [0, 0.05) is 5.02 Å². The van der Waals surface area contributed by atoms with E-state index in [9.17, 15) is 4.39 Å². The highest BCUT2D eigenvalue weighted by molar-refractivity contribution is 6.31. The number of ether oxygens (including phenoxy) is 2. The molecular formula is C45H68ClFO2. The Morgan fingerprint density at radius 1 is 0.510 bits per heavy atom. The molecular weight excluding hydrogens is 627 g/mol. The number of aryl methyl sites for hydroxylation is 4. The normalized spacial score (nSPS) is 9.49. The van der Waals surface area contributed by atoms with Gasteiger partial charge >= 0.3 is 0 Å². The average molecular weight is 695 g/mol. The first-order chi connectivity index (χ1) is 21.2. The summed E-state index contributed by atoms with van der Waals surface area (Å²) in [5.74, 6) is 2.78. The molecule has 0 heterocycles. The Hall–Kier alpha value is -4.08. The number of methoxy groups -OCH3 is 2. The summed E-state index contributed by atoms with van der Waals surface area (Å²) in [6, 6.07) is 42.1. The zero-order valence-electron chi connectivity index (χ0n) is 27.3. The van der Waals surface area contributed by atoms with Crippen molar-refractivity contribution in [2.75, 3.05) is 14.2 Å². The van der Waals surface area contributed by atoms with Crippen LogP contribution < -0.4 is 9.47 Å². The smallest absolute Gasteiger partial charge is 0.123 e. The summed E-state index contributed by atoms with van der Waals surface area (Å²) in [5, 5.41) is 0.840. The van der Waals surface area contributed by atoms with Gasteiger partial charge in [-0.1, -0.05) is 177 Å². The number of halogens is 2. The number of para-hydroxylation sites is 2. The lowest BCUT2D eigenvalue weighted by Crippen LogP contribution is -1.84. The van der Waals surface area contributed by atoms with Crippen LogP contribution in [0.3, 0.4) is 0 Å². The van der Waals surface area contributed by atoms with Crippen molar-refractivity contribution in [3.63, 3.8) is 0 Å². The molecule has 4 heteroatoms. The van der Waals surface area contributed by atoms with E-state index in [0.29, 0.717) is 0 Å². The van der Waals surface area contributed by atoms with Crippen LogP contribution in [0.15, 0.2) is 133 Å². The number of benzene rings is 5. The van der Waals surface area contributed by atoms with E-state index in [-0.39, 0.29) is 43.0 Å². The third-order valence-corrected chi connectivity index (χ3v) is 6.61. The van der Waals surface area contributed by atoms with Gasteiger partial charge < -0.3 is 9.47 Å². The third kappa shape index (κ3) is 29.8. The molecule has 0 bridgehead atoms. The van der Waals surface area contributed by atoms with Crippen molar-refractivity contribution in [1.82, 2.24) is 0 Å². The minimum atomic E-state index is -0.171. The molecule has 1 aliphatic carbocycles. The molecule has 1 saturated carbocycles. The fraction of sp³-hybridized carbons (Fsp3) is 0.333. The van der Waals surface area contributed by atoms with Gasteiger partial charge in [0.25, 0.3) is 0 Å². The molecule has 0 aliphatic heterocycles. The van der Waals surface area contributed by atoms with Crippen molar-refractivity contribution in [2.45, 2.75) is 84.6 Å². The van der Waals surface area contributed by atoms with E-state index in [1.165, 1.54) is 36.1 Å². The Morgan fingerprint density at radius 2 is 0.898 bits per heavy atom. The number of hydrogen-bond acceptors (Lipinski definition) is 2. The van der Waals surface area contributed by atoms with E-state index in [4.69, 9.17) is 21.1 Å². The minimum Gasteiger partial charge on any atom is -0.497 e. The summed E-state index contributed by atoms with van der Waals surface area (Å²) in [5.41, 5.74) is 4.73. The summed E-state index contributed by atoms with van der Waals surface area (Å²) in [7, 11) is 3.34. The van der Waals surface area contributed by atoms with Gasteiger partial charge in [0.1, 0.15) is 17.3 Å². The SMILES string of the molecule is C.C.C.C.C.CC1CC1.COc1ccccc1.COc1ccccc1C.Cc1ccc(F)cc1.Cc1ccccc1.Cc1ccccc1Cl. The van der Waals surface area contributed by atoms with Crippen LogP contribution in [-0.2, 0) is 0 Å².